The van der Waals surface area contributed by atoms with E-state index in [9.17, 15) is 22.8 Å². The summed E-state index contributed by atoms with van der Waals surface area (Å²) in [7, 11) is 0. The standard InChI is InChI=1S/C24H24F3N3O4/c1-3-33-19-9-7-17(8-10-19)21-11-12-22(31)30(29-21)14-13-28-23(32)16(2)34-20-6-4-5-18(15-20)24(25,26)27/h4-12,15-16H,3,13-14H2,1-2H3,(H,28,32). The van der Waals surface area contributed by atoms with Crippen molar-refractivity contribution in [2.24, 2.45) is 0 Å². The first-order valence-electron chi connectivity index (χ1n) is 10.6. The van der Waals surface area contributed by atoms with E-state index in [-0.39, 0.29) is 24.4 Å². The lowest BCUT2D eigenvalue weighted by Crippen LogP contribution is -2.39. The Kier molecular flexibility index (Phi) is 7.93. The van der Waals surface area contributed by atoms with Crippen LogP contribution in [0.3, 0.4) is 0 Å². The van der Waals surface area contributed by atoms with Gasteiger partial charge in [-0.15, -0.1) is 0 Å². The Morgan fingerprint density at radius 3 is 2.50 bits per heavy atom. The first-order valence-corrected chi connectivity index (χ1v) is 10.6. The smallest absolute Gasteiger partial charge is 0.416 e. The van der Waals surface area contributed by atoms with Crippen LogP contribution in [0.25, 0.3) is 11.3 Å². The molecule has 180 valence electrons. The van der Waals surface area contributed by atoms with E-state index in [4.69, 9.17) is 9.47 Å². The predicted molar refractivity (Wildman–Crippen MR) is 120 cm³/mol. The number of carbonyl (C=O) groups excluding carboxylic acids is 1. The van der Waals surface area contributed by atoms with E-state index in [1.54, 1.807) is 6.07 Å². The maximum atomic E-state index is 12.8. The second-order valence-electron chi connectivity index (χ2n) is 7.31. The van der Waals surface area contributed by atoms with Gasteiger partial charge in [0, 0.05) is 18.2 Å². The zero-order valence-electron chi connectivity index (χ0n) is 18.6. The van der Waals surface area contributed by atoms with E-state index in [0.29, 0.717) is 12.3 Å². The van der Waals surface area contributed by atoms with Gasteiger partial charge in [-0.2, -0.15) is 18.3 Å². The summed E-state index contributed by atoms with van der Waals surface area (Å²) < 4.78 is 50.5. The molecule has 1 unspecified atom stereocenters. The highest BCUT2D eigenvalue weighted by Crippen LogP contribution is 2.31. The molecule has 0 saturated carbocycles. The number of nitrogens with one attached hydrogen (secondary N) is 1. The van der Waals surface area contributed by atoms with Crippen molar-refractivity contribution < 1.29 is 27.4 Å². The third-order valence-electron chi connectivity index (χ3n) is 4.79. The van der Waals surface area contributed by atoms with E-state index >= 15 is 0 Å². The van der Waals surface area contributed by atoms with Crippen LogP contribution >= 0.6 is 0 Å². The molecule has 1 heterocycles. The summed E-state index contributed by atoms with van der Waals surface area (Å²) in [6, 6.07) is 14.6. The van der Waals surface area contributed by atoms with Crippen molar-refractivity contribution in [2.75, 3.05) is 13.2 Å². The Morgan fingerprint density at radius 1 is 1.09 bits per heavy atom. The van der Waals surface area contributed by atoms with E-state index < -0.39 is 23.8 Å². The van der Waals surface area contributed by atoms with E-state index in [1.165, 1.54) is 29.8 Å². The maximum absolute atomic E-state index is 12.8. The summed E-state index contributed by atoms with van der Waals surface area (Å²) in [5.74, 6) is 0.121. The third kappa shape index (κ3) is 6.60. The molecule has 3 rings (SSSR count). The summed E-state index contributed by atoms with van der Waals surface area (Å²) in [6.07, 6.45) is -5.55. The molecule has 0 spiro atoms. The number of nitrogens with zero attached hydrogens (tertiary/aromatic N) is 2. The largest absolute Gasteiger partial charge is 0.494 e. The molecule has 0 saturated heterocycles. The molecular formula is C24H24F3N3O4. The fourth-order valence-corrected chi connectivity index (χ4v) is 3.08. The minimum atomic E-state index is -4.51. The van der Waals surface area contributed by atoms with Crippen molar-refractivity contribution in [1.82, 2.24) is 15.1 Å². The highest BCUT2D eigenvalue weighted by atomic mass is 19.4. The van der Waals surface area contributed by atoms with E-state index in [1.807, 2.05) is 31.2 Å². The molecule has 1 atom stereocenters. The molecule has 0 aliphatic rings. The van der Waals surface area contributed by atoms with Crippen LogP contribution in [0.1, 0.15) is 19.4 Å². The summed E-state index contributed by atoms with van der Waals surface area (Å²) in [5.41, 5.74) is 0.173. The molecule has 0 aliphatic carbocycles. The molecule has 2 aromatic carbocycles. The summed E-state index contributed by atoms with van der Waals surface area (Å²) in [4.78, 5) is 24.5. The average Bonchev–Trinajstić information content (AvgIpc) is 2.80. The van der Waals surface area contributed by atoms with Crippen molar-refractivity contribution in [3.63, 3.8) is 0 Å². The first kappa shape index (κ1) is 24.8. The van der Waals surface area contributed by atoms with Crippen LogP contribution in [-0.4, -0.2) is 34.9 Å². The number of halogens is 3. The number of rotatable bonds is 9. The van der Waals surface area contributed by atoms with Crippen LogP contribution in [0.15, 0.2) is 65.5 Å². The van der Waals surface area contributed by atoms with Crippen molar-refractivity contribution in [2.45, 2.75) is 32.7 Å². The van der Waals surface area contributed by atoms with Gasteiger partial charge in [0.15, 0.2) is 6.10 Å². The number of amides is 1. The zero-order valence-corrected chi connectivity index (χ0v) is 18.6. The van der Waals surface area contributed by atoms with Gasteiger partial charge in [0.05, 0.1) is 24.4 Å². The molecule has 0 aliphatic heterocycles. The molecule has 1 aromatic heterocycles. The van der Waals surface area contributed by atoms with Crippen LogP contribution in [-0.2, 0) is 17.5 Å². The monoisotopic (exact) mass is 475 g/mol. The highest BCUT2D eigenvalue weighted by molar-refractivity contribution is 5.80. The van der Waals surface area contributed by atoms with Crippen LogP contribution in [0.5, 0.6) is 11.5 Å². The van der Waals surface area contributed by atoms with Gasteiger partial charge in [-0.25, -0.2) is 4.68 Å². The number of hydrogen-bond donors (Lipinski definition) is 1. The summed E-state index contributed by atoms with van der Waals surface area (Å²) in [6.45, 7) is 4.05. The third-order valence-corrected chi connectivity index (χ3v) is 4.79. The summed E-state index contributed by atoms with van der Waals surface area (Å²) in [5, 5.41) is 6.94. The molecule has 7 nitrogen and oxygen atoms in total. The average molecular weight is 475 g/mol. The minimum absolute atomic E-state index is 0.0709. The van der Waals surface area contributed by atoms with Crippen molar-refractivity contribution in [3.8, 4) is 22.8 Å². The van der Waals surface area contributed by atoms with Crippen LogP contribution in [0.2, 0.25) is 0 Å². The Balaban J connectivity index is 1.58. The van der Waals surface area contributed by atoms with Crippen molar-refractivity contribution >= 4 is 5.91 Å². The molecule has 1 amide bonds. The number of alkyl halides is 3. The fraction of sp³-hybridized carbons (Fsp3) is 0.292. The molecule has 10 heteroatoms. The van der Waals surface area contributed by atoms with Crippen LogP contribution in [0.4, 0.5) is 13.2 Å². The number of ether oxygens (including phenoxy) is 2. The van der Waals surface area contributed by atoms with Gasteiger partial charge in [-0.1, -0.05) is 6.07 Å². The second kappa shape index (κ2) is 10.9. The molecule has 0 radical (unpaired) electrons. The van der Waals surface area contributed by atoms with Gasteiger partial charge in [0.25, 0.3) is 11.5 Å². The quantitative estimate of drug-likeness (QED) is 0.508. The Bertz CT molecular complexity index is 1180. The van der Waals surface area contributed by atoms with Crippen LogP contribution in [0, 0.1) is 0 Å². The van der Waals surface area contributed by atoms with Gasteiger partial charge in [-0.3, -0.25) is 9.59 Å². The Morgan fingerprint density at radius 2 is 1.82 bits per heavy atom. The molecule has 1 N–H and O–H groups in total. The fourth-order valence-electron chi connectivity index (χ4n) is 3.08. The minimum Gasteiger partial charge on any atom is -0.494 e. The molecular weight excluding hydrogens is 451 g/mol. The summed E-state index contributed by atoms with van der Waals surface area (Å²) >= 11 is 0. The topological polar surface area (TPSA) is 82.5 Å². The predicted octanol–water partition coefficient (Wildman–Crippen LogP) is 3.91. The van der Waals surface area contributed by atoms with E-state index in [2.05, 4.69) is 10.4 Å². The molecule has 34 heavy (non-hydrogen) atoms. The Labute approximate surface area is 194 Å². The second-order valence-corrected chi connectivity index (χ2v) is 7.31. The number of benzene rings is 2. The number of carbonyl (C=O) groups is 1. The lowest BCUT2D eigenvalue weighted by Gasteiger charge is -2.16. The van der Waals surface area contributed by atoms with Gasteiger partial charge in [0.1, 0.15) is 11.5 Å². The molecule has 0 fully saturated rings. The molecule has 0 bridgehead atoms. The first-order chi connectivity index (χ1) is 16.2. The maximum Gasteiger partial charge on any atom is 0.416 e. The van der Waals surface area contributed by atoms with Gasteiger partial charge < -0.3 is 14.8 Å². The Hall–Kier alpha value is -3.82. The van der Waals surface area contributed by atoms with Crippen LogP contribution < -0.4 is 20.3 Å². The number of hydrogen-bond acceptors (Lipinski definition) is 5. The zero-order chi connectivity index (χ0) is 24.7. The molecule has 3 aromatic rings. The van der Waals surface area contributed by atoms with E-state index in [0.717, 1.165) is 23.4 Å². The van der Waals surface area contributed by atoms with Gasteiger partial charge >= 0.3 is 6.18 Å². The lowest BCUT2D eigenvalue weighted by atomic mass is 10.1. The number of aromatic nitrogens is 2. The normalized spacial score (nSPS) is 12.1. The highest BCUT2D eigenvalue weighted by Gasteiger charge is 2.30. The SMILES string of the molecule is CCOc1ccc(-c2ccc(=O)n(CCNC(=O)C(C)Oc3cccc(C(F)(F)F)c3)n2)cc1. The lowest BCUT2D eigenvalue weighted by molar-refractivity contribution is -0.137. The van der Waals surface area contributed by atoms with Gasteiger partial charge in [-0.05, 0) is 62.4 Å². The van der Waals surface area contributed by atoms with Gasteiger partial charge in [0.2, 0.25) is 0 Å². The van der Waals surface area contributed by atoms with Crippen molar-refractivity contribution in [1.29, 1.82) is 0 Å². The van der Waals surface area contributed by atoms with Crippen molar-refractivity contribution in [3.05, 3.63) is 76.6 Å².